The molecule has 0 saturated carbocycles. The highest BCUT2D eigenvalue weighted by atomic mass is 35.5. The van der Waals surface area contributed by atoms with Crippen LogP contribution in [0, 0.1) is 0 Å². The smallest absolute Gasteiger partial charge is 0.213 e. The van der Waals surface area contributed by atoms with Crippen molar-refractivity contribution in [1.82, 2.24) is 5.01 Å². The van der Waals surface area contributed by atoms with Crippen molar-refractivity contribution < 1.29 is 4.74 Å². The topological polar surface area (TPSA) is 24.8 Å². The fourth-order valence-corrected chi connectivity index (χ4v) is 4.02. The molecule has 0 amide bonds. The molecule has 0 fully saturated rings. The zero-order valence-corrected chi connectivity index (χ0v) is 15.9. The first-order valence-electron chi connectivity index (χ1n) is 8.82. The number of nitrogens with zero attached hydrogens (tertiary/aromatic N) is 2. The first-order valence-corrected chi connectivity index (χ1v) is 9.57. The summed E-state index contributed by atoms with van der Waals surface area (Å²) >= 11 is 12.3. The van der Waals surface area contributed by atoms with Crippen LogP contribution in [0.3, 0.4) is 0 Å². The van der Waals surface area contributed by atoms with Gasteiger partial charge in [-0.25, -0.2) is 5.01 Å². The first kappa shape index (κ1) is 16.7. The van der Waals surface area contributed by atoms with Crippen LogP contribution in [0.25, 0.3) is 0 Å². The Morgan fingerprint density at radius 1 is 0.889 bits per heavy atom. The molecule has 3 nitrogen and oxygen atoms in total. The minimum absolute atomic E-state index is 0.0864. The molecule has 0 spiro atoms. The average Bonchev–Trinajstić information content (AvgIpc) is 3.15. The molecule has 2 heterocycles. The lowest BCUT2D eigenvalue weighted by atomic mass is 9.96. The first-order chi connectivity index (χ1) is 13.2. The van der Waals surface area contributed by atoms with Gasteiger partial charge in [0.2, 0.25) is 6.23 Å². The SMILES string of the molecule is Clc1ccc([C@H]2Oc3ccc(Cl)cc3[C@H]3CC(c4ccccc4)=NN32)cc1. The minimum atomic E-state index is -0.304. The van der Waals surface area contributed by atoms with Crippen LogP contribution in [0.1, 0.15) is 35.4 Å². The largest absolute Gasteiger partial charge is 0.464 e. The number of ether oxygens (including phenoxy) is 1. The number of fused-ring (bicyclic) bond motifs is 3. The molecule has 0 saturated heterocycles. The van der Waals surface area contributed by atoms with Crippen LogP contribution < -0.4 is 4.74 Å². The molecule has 0 aliphatic carbocycles. The van der Waals surface area contributed by atoms with Gasteiger partial charge >= 0.3 is 0 Å². The summed E-state index contributed by atoms with van der Waals surface area (Å²) in [4.78, 5) is 0. The van der Waals surface area contributed by atoms with E-state index in [0.717, 1.165) is 34.6 Å². The van der Waals surface area contributed by atoms with E-state index in [0.29, 0.717) is 10.0 Å². The molecule has 2 aliphatic rings. The molecule has 3 aromatic rings. The van der Waals surface area contributed by atoms with Crippen LogP contribution in [-0.2, 0) is 0 Å². The Hall–Kier alpha value is -2.49. The number of benzene rings is 3. The third kappa shape index (κ3) is 2.97. The highest BCUT2D eigenvalue weighted by Crippen LogP contribution is 2.48. The van der Waals surface area contributed by atoms with Crippen LogP contribution in [0.4, 0.5) is 0 Å². The summed E-state index contributed by atoms with van der Waals surface area (Å²) in [7, 11) is 0. The van der Waals surface area contributed by atoms with Crippen molar-refractivity contribution in [3.63, 3.8) is 0 Å². The normalized spacial score (nSPS) is 20.5. The molecular formula is C22H16Cl2N2O. The molecule has 27 heavy (non-hydrogen) atoms. The molecule has 0 aromatic heterocycles. The van der Waals surface area contributed by atoms with Gasteiger partial charge in [-0.3, -0.25) is 0 Å². The van der Waals surface area contributed by atoms with E-state index in [1.54, 1.807) is 0 Å². The lowest BCUT2D eigenvalue weighted by Gasteiger charge is -2.38. The highest BCUT2D eigenvalue weighted by Gasteiger charge is 2.41. The molecule has 3 aromatic carbocycles. The maximum Gasteiger partial charge on any atom is 0.213 e. The fraction of sp³-hybridized carbons (Fsp3) is 0.136. The summed E-state index contributed by atoms with van der Waals surface area (Å²) in [5, 5.41) is 8.39. The number of hydrazone groups is 1. The molecule has 5 heteroatoms. The van der Waals surface area contributed by atoms with Gasteiger partial charge in [0.05, 0.1) is 11.8 Å². The minimum Gasteiger partial charge on any atom is -0.464 e. The Kier molecular flexibility index (Phi) is 4.07. The van der Waals surface area contributed by atoms with E-state index < -0.39 is 0 Å². The van der Waals surface area contributed by atoms with E-state index in [1.165, 1.54) is 0 Å². The number of rotatable bonds is 2. The predicted molar refractivity (Wildman–Crippen MR) is 108 cm³/mol. The molecule has 134 valence electrons. The maximum atomic E-state index is 6.33. The van der Waals surface area contributed by atoms with E-state index in [-0.39, 0.29) is 12.3 Å². The van der Waals surface area contributed by atoms with Gasteiger partial charge < -0.3 is 4.74 Å². The molecule has 0 bridgehead atoms. The van der Waals surface area contributed by atoms with E-state index in [4.69, 9.17) is 33.0 Å². The standard InChI is InChI=1S/C22H16Cl2N2O/c23-16-8-6-15(7-9-16)22-26-20(18-12-17(24)10-11-21(18)27-22)13-19(25-26)14-4-2-1-3-5-14/h1-12,20,22H,13H2/t20-,22-/m1/s1. The zero-order valence-electron chi connectivity index (χ0n) is 14.3. The van der Waals surface area contributed by atoms with Crippen molar-refractivity contribution in [3.05, 3.63) is 99.5 Å². The summed E-state index contributed by atoms with van der Waals surface area (Å²) in [5.74, 6) is 0.852. The summed E-state index contributed by atoms with van der Waals surface area (Å²) in [6.07, 6.45) is 0.507. The van der Waals surface area contributed by atoms with E-state index >= 15 is 0 Å². The Bertz CT molecular complexity index is 1020. The van der Waals surface area contributed by atoms with E-state index in [9.17, 15) is 0 Å². The molecule has 0 unspecified atom stereocenters. The van der Waals surface area contributed by atoms with Gasteiger partial charge in [-0.15, -0.1) is 0 Å². The lowest BCUT2D eigenvalue weighted by molar-refractivity contribution is -0.0190. The zero-order chi connectivity index (χ0) is 18.4. The van der Waals surface area contributed by atoms with Crippen molar-refractivity contribution in [1.29, 1.82) is 0 Å². The second-order valence-electron chi connectivity index (χ2n) is 6.72. The van der Waals surface area contributed by atoms with Crippen molar-refractivity contribution in [2.75, 3.05) is 0 Å². The van der Waals surface area contributed by atoms with E-state index in [1.807, 2.05) is 65.7 Å². The Labute approximate surface area is 167 Å². The summed E-state index contributed by atoms with van der Waals surface area (Å²) < 4.78 is 6.33. The third-order valence-electron chi connectivity index (χ3n) is 5.01. The van der Waals surface area contributed by atoms with Gasteiger partial charge in [-0.1, -0.05) is 65.7 Å². The van der Waals surface area contributed by atoms with Crippen LogP contribution in [0.5, 0.6) is 5.75 Å². The summed E-state index contributed by atoms with van der Waals surface area (Å²) in [5.41, 5.74) is 4.27. The number of halogens is 2. The fourth-order valence-electron chi connectivity index (χ4n) is 3.71. The van der Waals surface area contributed by atoms with Crippen LogP contribution in [-0.4, -0.2) is 10.7 Å². The van der Waals surface area contributed by atoms with Crippen molar-refractivity contribution in [2.24, 2.45) is 5.10 Å². The molecule has 2 aliphatic heterocycles. The van der Waals surface area contributed by atoms with Crippen LogP contribution >= 0.6 is 23.2 Å². The Balaban J connectivity index is 1.61. The molecule has 5 rings (SSSR count). The monoisotopic (exact) mass is 394 g/mol. The van der Waals surface area contributed by atoms with Crippen molar-refractivity contribution in [3.8, 4) is 5.75 Å². The molecular weight excluding hydrogens is 379 g/mol. The van der Waals surface area contributed by atoms with Crippen LogP contribution in [0.2, 0.25) is 10.0 Å². The molecule has 0 radical (unpaired) electrons. The van der Waals surface area contributed by atoms with E-state index in [2.05, 4.69) is 12.1 Å². The Morgan fingerprint density at radius 3 is 2.41 bits per heavy atom. The van der Waals surface area contributed by atoms with Gasteiger partial charge in [0.15, 0.2) is 0 Å². The average molecular weight is 395 g/mol. The Morgan fingerprint density at radius 2 is 1.63 bits per heavy atom. The second-order valence-corrected chi connectivity index (χ2v) is 7.59. The van der Waals surface area contributed by atoms with Gasteiger partial charge in [0.25, 0.3) is 0 Å². The predicted octanol–water partition coefficient (Wildman–Crippen LogP) is 6.24. The molecule has 0 N–H and O–H groups in total. The van der Waals surface area contributed by atoms with Gasteiger partial charge in [0, 0.05) is 27.6 Å². The van der Waals surface area contributed by atoms with Crippen LogP contribution in [0.15, 0.2) is 77.9 Å². The summed E-state index contributed by atoms with van der Waals surface area (Å²) in [6, 6.07) is 23.9. The molecule has 2 atom stereocenters. The van der Waals surface area contributed by atoms with Gasteiger partial charge in [-0.05, 0) is 35.9 Å². The quantitative estimate of drug-likeness (QED) is 0.513. The van der Waals surface area contributed by atoms with Gasteiger partial charge in [-0.2, -0.15) is 5.10 Å². The number of hydrogen-bond acceptors (Lipinski definition) is 3. The maximum absolute atomic E-state index is 6.33. The third-order valence-corrected chi connectivity index (χ3v) is 5.50. The van der Waals surface area contributed by atoms with Crippen molar-refractivity contribution >= 4 is 28.9 Å². The van der Waals surface area contributed by atoms with Gasteiger partial charge in [0.1, 0.15) is 5.75 Å². The summed E-state index contributed by atoms with van der Waals surface area (Å²) in [6.45, 7) is 0. The van der Waals surface area contributed by atoms with Crippen molar-refractivity contribution in [2.45, 2.75) is 18.7 Å². The number of hydrogen-bond donors (Lipinski definition) is 0. The highest BCUT2D eigenvalue weighted by molar-refractivity contribution is 6.30. The second kappa shape index (κ2) is 6.59. The lowest BCUT2D eigenvalue weighted by Crippen LogP contribution is -2.33.